The number of benzene rings is 2. The Morgan fingerprint density at radius 3 is 2.52 bits per heavy atom. The zero-order valence-electron chi connectivity index (χ0n) is 15.5. The maximum absolute atomic E-state index is 12.8. The third-order valence-corrected chi connectivity index (χ3v) is 5.09. The van der Waals surface area contributed by atoms with E-state index >= 15 is 0 Å². The first-order valence-electron chi connectivity index (χ1n) is 9.17. The lowest BCUT2D eigenvalue weighted by atomic mass is 9.88. The minimum absolute atomic E-state index is 0.0408. The summed E-state index contributed by atoms with van der Waals surface area (Å²) in [6.45, 7) is 1.81. The van der Waals surface area contributed by atoms with E-state index in [9.17, 15) is 14.7 Å². The molecule has 0 spiro atoms. The molecular formula is C23H16O6. The monoisotopic (exact) mass is 388 g/mol. The van der Waals surface area contributed by atoms with Crippen LogP contribution in [0.5, 0.6) is 11.5 Å². The number of fused-ring (bicyclic) bond motifs is 3. The summed E-state index contributed by atoms with van der Waals surface area (Å²) in [5.41, 5.74) is 1.05. The molecule has 0 saturated carbocycles. The summed E-state index contributed by atoms with van der Waals surface area (Å²) in [4.78, 5) is 25.0. The average molecular weight is 388 g/mol. The number of hydrogen-bond acceptors (Lipinski definition) is 6. The molecule has 0 amide bonds. The normalized spacial score (nSPS) is 15.9. The van der Waals surface area contributed by atoms with Crippen molar-refractivity contribution in [3.05, 3.63) is 81.9 Å². The second-order valence-electron chi connectivity index (χ2n) is 7.03. The van der Waals surface area contributed by atoms with Crippen LogP contribution in [-0.4, -0.2) is 11.1 Å². The third-order valence-electron chi connectivity index (χ3n) is 5.09. The van der Waals surface area contributed by atoms with Gasteiger partial charge >= 0.3 is 5.97 Å². The predicted octanol–water partition coefficient (Wildman–Crippen LogP) is 4.51. The fourth-order valence-corrected chi connectivity index (χ4v) is 3.79. The van der Waals surface area contributed by atoms with E-state index in [1.165, 1.54) is 12.1 Å². The Morgan fingerprint density at radius 1 is 1.00 bits per heavy atom. The van der Waals surface area contributed by atoms with Crippen LogP contribution in [0.1, 0.15) is 29.4 Å². The summed E-state index contributed by atoms with van der Waals surface area (Å²) in [7, 11) is 0. The van der Waals surface area contributed by atoms with Crippen molar-refractivity contribution in [1.82, 2.24) is 0 Å². The standard InChI is InChI=1S/C23H16O6/c1-12-7-8-17(27-12)14-9-20(26)28-19-11-16(25)22-15(24)10-18(29-23(22)21(14)19)13-5-3-2-4-6-13/h2-8,10-11,14,25H,9H2,1H3. The molecule has 6 heteroatoms. The molecule has 2 aromatic heterocycles. The van der Waals surface area contributed by atoms with Gasteiger partial charge in [-0.1, -0.05) is 30.3 Å². The van der Waals surface area contributed by atoms with Crippen molar-refractivity contribution in [2.75, 3.05) is 0 Å². The van der Waals surface area contributed by atoms with Gasteiger partial charge in [-0.3, -0.25) is 9.59 Å². The molecule has 1 aliphatic heterocycles. The number of furan rings is 1. The van der Waals surface area contributed by atoms with E-state index in [4.69, 9.17) is 13.6 Å². The maximum Gasteiger partial charge on any atom is 0.312 e. The summed E-state index contributed by atoms with van der Waals surface area (Å²) in [6, 6.07) is 15.4. The van der Waals surface area contributed by atoms with Crippen LogP contribution in [0.2, 0.25) is 0 Å². The highest BCUT2D eigenvalue weighted by molar-refractivity contribution is 5.93. The highest BCUT2D eigenvalue weighted by Crippen LogP contribution is 2.46. The van der Waals surface area contributed by atoms with Crippen LogP contribution in [0.4, 0.5) is 0 Å². The summed E-state index contributed by atoms with van der Waals surface area (Å²) < 4.78 is 17.2. The number of aromatic hydroxyl groups is 1. The Kier molecular flexibility index (Phi) is 3.81. The van der Waals surface area contributed by atoms with E-state index in [2.05, 4.69) is 0 Å². The molecule has 1 N–H and O–H groups in total. The molecular weight excluding hydrogens is 372 g/mol. The van der Waals surface area contributed by atoms with Gasteiger partial charge in [-0.05, 0) is 19.1 Å². The lowest BCUT2D eigenvalue weighted by Gasteiger charge is -2.24. The topological polar surface area (TPSA) is 89.9 Å². The van der Waals surface area contributed by atoms with Gasteiger partial charge in [0.25, 0.3) is 0 Å². The molecule has 29 heavy (non-hydrogen) atoms. The zero-order chi connectivity index (χ0) is 20.1. The minimum atomic E-state index is -0.489. The molecule has 1 unspecified atom stereocenters. The van der Waals surface area contributed by atoms with Crippen LogP contribution < -0.4 is 10.2 Å². The predicted molar refractivity (Wildman–Crippen MR) is 105 cm³/mol. The van der Waals surface area contributed by atoms with Crippen LogP contribution in [-0.2, 0) is 4.79 Å². The van der Waals surface area contributed by atoms with Crippen molar-refractivity contribution in [1.29, 1.82) is 0 Å². The second-order valence-corrected chi connectivity index (χ2v) is 7.03. The van der Waals surface area contributed by atoms with Crippen LogP contribution >= 0.6 is 0 Å². The molecule has 1 aliphatic rings. The number of carbonyl (C=O) groups is 1. The summed E-state index contributed by atoms with van der Waals surface area (Å²) in [6.07, 6.45) is 0.0408. The van der Waals surface area contributed by atoms with Crippen molar-refractivity contribution in [3.63, 3.8) is 0 Å². The number of esters is 1. The summed E-state index contributed by atoms with van der Waals surface area (Å²) >= 11 is 0. The van der Waals surface area contributed by atoms with Gasteiger partial charge in [0.05, 0.1) is 12.3 Å². The fraction of sp³-hybridized carbons (Fsp3) is 0.130. The van der Waals surface area contributed by atoms with E-state index in [0.717, 1.165) is 5.56 Å². The van der Waals surface area contributed by atoms with Gasteiger partial charge in [0.1, 0.15) is 39.7 Å². The van der Waals surface area contributed by atoms with Gasteiger partial charge in [0, 0.05) is 23.3 Å². The molecule has 0 bridgehead atoms. The van der Waals surface area contributed by atoms with Crippen molar-refractivity contribution in [2.24, 2.45) is 0 Å². The molecule has 5 rings (SSSR count). The molecule has 2 aromatic carbocycles. The lowest BCUT2D eigenvalue weighted by molar-refractivity contribution is -0.135. The lowest BCUT2D eigenvalue weighted by Crippen LogP contribution is -2.21. The van der Waals surface area contributed by atoms with Gasteiger partial charge < -0.3 is 18.7 Å². The van der Waals surface area contributed by atoms with Crippen LogP contribution in [0.15, 0.2) is 68.2 Å². The first kappa shape index (κ1) is 17.3. The number of phenols is 1. The number of aryl methyl sites for hydroxylation is 1. The first-order chi connectivity index (χ1) is 14.0. The Hall–Kier alpha value is -3.80. The molecule has 6 nitrogen and oxygen atoms in total. The van der Waals surface area contributed by atoms with E-state index < -0.39 is 11.9 Å². The number of carbonyl (C=O) groups excluding carboxylic acids is 1. The van der Waals surface area contributed by atoms with Gasteiger partial charge in [-0.15, -0.1) is 0 Å². The zero-order valence-corrected chi connectivity index (χ0v) is 15.5. The largest absolute Gasteiger partial charge is 0.507 e. The number of ether oxygens (including phenoxy) is 1. The Balaban J connectivity index is 1.84. The third kappa shape index (κ3) is 2.81. The van der Waals surface area contributed by atoms with Crippen LogP contribution in [0.3, 0.4) is 0 Å². The van der Waals surface area contributed by atoms with Crippen LogP contribution in [0.25, 0.3) is 22.3 Å². The molecule has 0 aliphatic carbocycles. The van der Waals surface area contributed by atoms with Gasteiger partial charge in [-0.25, -0.2) is 0 Å². The molecule has 3 heterocycles. The Labute approximate surface area is 165 Å². The number of phenolic OH excluding ortho intramolecular Hbond substituents is 1. The van der Waals surface area contributed by atoms with Crippen molar-refractivity contribution in [3.8, 4) is 22.8 Å². The van der Waals surface area contributed by atoms with Gasteiger partial charge in [-0.2, -0.15) is 0 Å². The van der Waals surface area contributed by atoms with E-state index in [1.807, 2.05) is 43.3 Å². The molecule has 144 valence electrons. The Morgan fingerprint density at radius 2 is 1.79 bits per heavy atom. The van der Waals surface area contributed by atoms with Crippen molar-refractivity contribution in [2.45, 2.75) is 19.3 Å². The first-order valence-corrected chi connectivity index (χ1v) is 9.17. The molecule has 1 atom stereocenters. The quantitative estimate of drug-likeness (QED) is 0.401. The second kappa shape index (κ2) is 6.38. The summed E-state index contributed by atoms with van der Waals surface area (Å²) in [5, 5.41) is 10.5. The van der Waals surface area contributed by atoms with Gasteiger partial charge in [0.2, 0.25) is 0 Å². The maximum atomic E-state index is 12.8. The molecule has 0 radical (unpaired) electrons. The highest BCUT2D eigenvalue weighted by atomic mass is 16.5. The van der Waals surface area contributed by atoms with E-state index in [0.29, 0.717) is 22.8 Å². The summed E-state index contributed by atoms with van der Waals surface area (Å²) in [5.74, 6) is 0.571. The fourth-order valence-electron chi connectivity index (χ4n) is 3.79. The minimum Gasteiger partial charge on any atom is -0.507 e. The number of hydrogen-bond donors (Lipinski definition) is 1. The molecule has 4 aromatic rings. The van der Waals surface area contributed by atoms with Crippen molar-refractivity contribution < 1.29 is 23.5 Å². The Bertz CT molecular complexity index is 1310. The van der Waals surface area contributed by atoms with Gasteiger partial charge in [0.15, 0.2) is 5.43 Å². The van der Waals surface area contributed by atoms with E-state index in [1.54, 1.807) is 6.07 Å². The molecule has 0 saturated heterocycles. The van der Waals surface area contributed by atoms with Crippen molar-refractivity contribution >= 4 is 16.9 Å². The SMILES string of the molecule is Cc1ccc(C2CC(=O)Oc3cc(O)c4c(=O)cc(-c5ccccc5)oc4c32)o1. The van der Waals surface area contributed by atoms with E-state index in [-0.39, 0.29) is 34.3 Å². The van der Waals surface area contributed by atoms with Crippen LogP contribution in [0, 0.1) is 6.92 Å². The molecule has 0 fully saturated rings. The number of rotatable bonds is 2. The average Bonchev–Trinajstić information content (AvgIpc) is 3.13. The highest BCUT2D eigenvalue weighted by Gasteiger charge is 2.35. The smallest absolute Gasteiger partial charge is 0.312 e.